The van der Waals surface area contributed by atoms with Crippen molar-refractivity contribution in [1.29, 1.82) is 0 Å². The number of carbonyl (C=O) groups is 1. The molecule has 1 fully saturated rings. The van der Waals surface area contributed by atoms with Gasteiger partial charge < -0.3 is 16.0 Å². The summed E-state index contributed by atoms with van der Waals surface area (Å²) in [7, 11) is 1.68. The maximum absolute atomic E-state index is 12.9. The second kappa shape index (κ2) is 9.90. The molecule has 6 heteroatoms. The molecule has 1 saturated carbocycles. The van der Waals surface area contributed by atoms with E-state index in [1.807, 2.05) is 0 Å². The van der Waals surface area contributed by atoms with Crippen LogP contribution in [0.5, 0.6) is 0 Å². The summed E-state index contributed by atoms with van der Waals surface area (Å²) in [5, 5.41) is 9.37. The van der Waals surface area contributed by atoms with Crippen molar-refractivity contribution >= 4 is 11.9 Å². The Kier molecular flexibility index (Phi) is 7.52. The van der Waals surface area contributed by atoms with Crippen molar-refractivity contribution in [3.63, 3.8) is 0 Å². The zero-order valence-corrected chi connectivity index (χ0v) is 14.3. The summed E-state index contributed by atoms with van der Waals surface area (Å²) in [6.07, 6.45) is 6.32. The monoisotopic (exact) mass is 334 g/mol. The quantitative estimate of drug-likeness (QED) is 0.553. The van der Waals surface area contributed by atoms with Crippen LogP contribution in [0.3, 0.4) is 0 Å². The zero-order chi connectivity index (χ0) is 17.2. The molecular weight excluding hydrogens is 307 g/mol. The van der Waals surface area contributed by atoms with Gasteiger partial charge in [-0.3, -0.25) is 9.79 Å². The molecule has 0 aliphatic heterocycles. The molecule has 1 aromatic carbocycles. The Bertz CT molecular complexity index is 538. The lowest BCUT2D eigenvalue weighted by molar-refractivity contribution is -0.121. The van der Waals surface area contributed by atoms with Crippen molar-refractivity contribution in [3.8, 4) is 0 Å². The van der Waals surface area contributed by atoms with Gasteiger partial charge >= 0.3 is 0 Å². The van der Waals surface area contributed by atoms with Crippen LogP contribution in [-0.4, -0.2) is 31.5 Å². The first kappa shape index (κ1) is 18.2. The normalized spacial score (nSPS) is 15.8. The van der Waals surface area contributed by atoms with Crippen LogP contribution in [0.15, 0.2) is 29.3 Å². The molecule has 24 heavy (non-hydrogen) atoms. The molecule has 1 aromatic rings. The first-order valence-electron chi connectivity index (χ1n) is 8.65. The van der Waals surface area contributed by atoms with Crippen LogP contribution >= 0.6 is 0 Å². The van der Waals surface area contributed by atoms with Gasteiger partial charge in [0.1, 0.15) is 5.82 Å². The Hall–Kier alpha value is -2.11. The molecule has 132 valence electrons. The minimum atomic E-state index is -0.245. The van der Waals surface area contributed by atoms with Gasteiger partial charge in [0.15, 0.2) is 5.96 Å². The van der Waals surface area contributed by atoms with Crippen LogP contribution in [0.1, 0.15) is 44.1 Å². The SMILES string of the molecule is CN=C(NCCC(=O)NC1CCCCC1)NCc1ccc(F)cc1. The molecule has 1 aliphatic rings. The van der Waals surface area contributed by atoms with Crippen LogP contribution in [0.25, 0.3) is 0 Å². The lowest BCUT2D eigenvalue weighted by atomic mass is 9.95. The van der Waals surface area contributed by atoms with Crippen LogP contribution in [0.4, 0.5) is 4.39 Å². The summed E-state index contributed by atoms with van der Waals surface area (Å²) in [5.41, 5.74) is 0.967. The van der Waals surface area contributed by atoms with E-state index in [1.165, 1.54) is 31.4 Å². The number of guanidine groups is 1. The molecule has 1 amide bonds. The lowest BCUT2D eigenvalue weighted by Gasteiger charge is -2.22. The molecule has 0 heterocycles. The third-order valence-electron chi connectivity index (χ3n) is 4.21. The van der Waals surface area contributed by atoms with E-state index in [0.29, 0.717) is 31.5 Å². The van der Waals surface area contributed by atoms with Crippen molar-refractivity contribution in [2.24, 2.45) is 4.99 Å². The highest BCUT2D eigenvalue weighted by Crippen LogP contribution is 2.17. The number of hydrogen-bond acceptors (Lipinski definition) is 2. The van der Waals surface area contributed by atoms with Gasteiger partial charge in [-0.1, -0.05) is 31.4 Å². The molecule has 2 rings (SSSR count). The molecule has 0 radical (unpaired) electrons. The molecule has 0 bridgehead atoms. The van der Waals surface area contributed by atoms with Crippen molar-refractivity contribution in [3.05, 3.63) is 35.6 Å². The van der Waals surface area contributed by atoms with E-state index in [2.05, 4.69) is 20.9 Å². The number of halogens is 1. The molecular formula is C18H27FN4O. The van der Waals surface area contributed by atoms with E-state index in [0.717, 1.165) is 18.4 Å². The van der Waals surface area contributed by atoms with Gasteiger partial charge in [-0.25, -0.2) is 4.39 Å². The molecule has 5 nitrogen and oxygen atoms in total. The van der Waals surface area contributed by atoms with E-state index >= 15 is 0 Å². The lowest BCUT2D eigenvalue weighted by Crippen LogP contribution is -2.41. The molecule has 0 spiro atoms. The average molecular weight is 334 g/mol. The summed E-state index contributed by atoms with van der Waals surface area (Å²) in [6.45, 7) is 1.08. The van der Waals surface area contributed by atoms with Gasteiger partial charge in [-0.2, -0.15) is 0 Å². The number of rotatable bonds is 6. The number of nitrogens with zero attached hydrogens (tertiary/aromatic N) is 1. The summed E-state index contributed by atoms with van der Waals surface area (Å²) in [5.74, 6) is 0.471. The largest absolute Gasteiger partial charge is 0.356 e. The molecule has 0 aromatic heterocycles. The zero-order valence-electron chi connectivity index (χ0n) is 14.3. The van der Waals surface area contributed by atoms with E-state index in [1.54, 1.807) is 19.2 Å². The van der Waals surface area contributed by atoms with Crippen molar-refractivity contribution in [1.82, 2.24) is 16.0 Å². The van der Waals surface area contributed by atoms with Crippen molar-refractivity contribution < 1.29 is 9.18 Å². The third-order valence-corrected chi connectivity index (χ3v) is 4.21. The van der Waals surface area contributed by atoms with Gasteiger partial charge in [-0.15, -0.1) is 0 Å². The highest BCUT2D eigenvalue weighted by Gasteiger charge is 2.15. The fraction of sp³-hybridized carbons (Fsp3) is 0.556. The van der Waals surface area contributed by atoms with E-state index in [9.17, 15) is 9.18 Å². The summed E-state index contributed by atoms with van der Waals surface area (Å²) in [4.78, 5) is 16.1. The molecule has 0 unspecified atom stereocenters. The minimum absolute atomic E-state index is 0.0865. The average Bonchev–Trinajstić information content (AvgIpc) is 2.60. The molecule has 1 aliphatic carbocycles. The van der Waals surface area contributed by atoms with Crippen LogP contribution in [0.2, 0.25) is 0 Å². The molecule has 0 atom stereocenters. The highest BCUT2D eigenvalue weighted by atomic mass is 19.1. The molecule has 0 saturated heterocycles. The highest BCUT2D eigenvalue weighted by molar-refractivity contribution is 5.81. The van der Waals surface area contributed by atoms with Gasteiger partial charge in [0.2, 0.25) is 5.91 Å². The number of benzene rings is 1. The van der Waals surface area contributed by atoms with Gasteiger partial charge in [0.05, 0.1) is 0 Å². The summed E-state index contributed by atoms with van der Waals surface area (Å²) >= 11 is 0. The van der Waals surface area contributed by atoms with Crippen LogP contribution < -0.4 is 16.0 Å². The Balaban J connectivity index is 1.63. The Labute approximate surface area is 143 Å². The van der Waals surface area contributed by atoms with E-state index in [4.69, 9.17) is 0 Å². The van der Waals surface area contributed by atoms with Crippen molar-refractivity contribution in [2.75, 3.05) is 13.6 Å². The van der Waals surface area contributed by atoms with Gasteiger partial charge in [-0.05, 0) is 30.5 Å². The second-order valence-electron chi connectivity index (χ2n) is 6.13. The Morgan fingerprint density at radius 2 is 1.88 bits per heavy atom. The number of aliphatic imine (C=N–C) groups is 1. The Morgan fingerprint density at radius 3 is 2.54 bits per heavy atom. The number of amides is 1. The third kappa shape index (κ3) is 6.56. The second-order valence-corrected chi connectivity index (χ2v) is 6.13. The fourth-order valence-corrected chi connectivity index (χ4v) is 2.85. The Morgan fingerprint density at radius 1 is 1.17 bits per heavy atom. The van der Waals surface area contributed by atoms with Gasteiger partial charge in [0, 0.05) is 32.6 Å². The molecule has 3 N–H and O–H groups in total. The topological polar surface area (TPSA) is 65.5 Å². The van der Waals surface area contributed by atoms with Crippen molar-refractivity contribution in [2.45, 2.75) is 51.1 Å². The number of hydrogen-bond donors (Lipinski definition) is 3. The van der Waals surface area contributed by atoms with E-state index in [-0.39, 0.29) is 11.7 Å². The predicted molar refractivity (Wildman–Crippen MR) is 94.2 cm³/mol. The minimum Gasteiger partial charge on any atom is -0.356 e. The number of nitrogens with one attached hydrogen (secondary N) is 3. The standard InChI is InChI=1S/C18H27FN4O/c1-20-18(22-13-14-7-9-15(19)10-8-14)21-12-11-17(24)23-16-5-3-2-4-6-16/h7-10,16H,2-6,11-13H2,1H3,(H,23,24)(H2,20,21,22). The number of carbonyl (C=O) groups excluding carboxylic acids is 1. The van der Waals surface area contributed by atoms with Crippen LogP contribution in [0, 0.1) is 5.82 Å². The summed E-state index contributed by atoms with van der Waals surface area (Å²) < 4.78 is 12.9. The smallest absolute Gasteiger partial charge is 0.221 e. The maximum Gasteiger partial charge on any atom is 0.221 e. The first-order chi connectivity index (χ1) is 11.7. The van der Waals surface area contributed by atoms with E-state index < -0.39 is 0 Å². The van der Waals surface area contributed by atoms with Crippen LogP contribution in [-0.2, 0) is 11.3 Å². The maximum atomic E-state index is 12.9. The first-order valence-corrected chi connectivity index (χ1v) is 8.65. The predicted octanol–water partition coefficient (Wildman–Crippen LogP) is 2.33. The summed E-state index contributed by atoms with van der Waals surface area (Å²) in [6, 6.07) is 6.67. The fourth-order valence-electron chi connectivity index (χ4n) is 2.85. The van der Waals surface area contributed by atoms with Gasteiger partial charge in [0.25, 0.3) is 0 Å².